The van der Waals surface area contributed by atoms with Crippen molar-refractivity contribution in [2.24, 2.45) is 5.92 Å². The number of thiophene rings is 1. The second kappa shape index (κ2) is 7.23. The molecule has 0 amide bonds. The highest BCUT2D eigenvalue weighted by atomic mass is 32.2. The Balaban J connectivity index is 2.67. The molecule has 18 heavy (non-hydrogen) atoms. The maximum Gasteiger partial charge on any atom is 0.241 e. The molecule has 0 fully saturated rings. The van der Waals surface area contributed by atoms with Crippen molar-refractivity contribution in [2.45, 2.75) is 38.1 Å². The Kier molecular flexibility index (Phi) is 6.28. The van der Waals surface area contributed by atoms with E-state index in [1.54, 1.807) is 11.4 Å². The summed E-state index contributed by atoms with van der Waals surface area (Å²) in [7, 11) is -1.49. The van der Waals surface area contributed by atoms with Gasteiger partial charge in [0, 0.05) is 23.3 Å². The average molecular weight is 290 g/mol. The van der Waals surface area contributed by atoms with Crippen LogP contribution in [0.4, 0.5) is 0 Å². The highest BCUT2D eigenvalue weighted by molar-refractivity contribution is 7.89. The molecule has 0 aliphatic carbocycles. The van der Waals surface area contributed by atoms with Gasteiger partial charge in [-0.05, 0) is 19.0 Å². The Bertz CT molecular complexity index is 450. The molecular weight excluding hydrogens is 268 g/mol. The van der Waals surface area contributed by atoms with Crippen LogP contribution in [-0.2, 0) is 16.6 Å². The fourth-order valence-corrected chi connectivity index (χ4v) is 4.06. The van der Waals surface area contributed by atoms with Gasteiger partial charge in [-0.15, -0.1) is 11.3 Å². The van der Waals surface area contributed by atoms with Crippen LogP contribution < -0.4 is 10.0 Å². The Morgan fingerprint density at radius 2 is 2.00 bits per heavy atom. The summed E-state index contributed by atoms with van der Waals surface area (Å²) in [6, 6.07) is 1.73. The lowest BCUT2D eigenvalue weighted by molar-refractivity contribution is 0.479. The molecule has 0 spiro atoms. The number of nitrogens with one attached hydrogen (secondary N) is 2. The quantitative estimate of drug-likeness (QED) is 0.771. The molecule has 4 nitrogen and oxygen atoms in total. The molecule has 0 saturated heterocycles. The van der Waals surface area contributed by atoms with E-state index in [9.17, 15) is 8.42 Å². The van der Waals surface area contributed by atoms with Gasteiger partial charge in [0.1, 0.15) is 0 Å². The van der Waals surface area contributed by atoms with Crippen LogP contribution in [0, 0.1) is 5.92 Å². The van der Waals surface area contributed by atoms with Gasteiger partial charge in [0.15, 0.2) is 0 Å². The number of rotatable bonds is 8. The van der Waals surface area contributed by atoms with Crippen LogP contribution >= 0.6 is 11.3 Å². The molecule has 6 heteroatoms. The minimum Gasteiger partial charge on any atom is -0.315 e. The van der Waals surface area contributed by atoms with Gasteiger partial charge in [-0.25, -0.2) is 13.1 Å². The molecule has 0 aliphatic rings. The number of sulfonamides is 1. The summed E-state index contributed by atoms with van der Waals surface area (Å²) in [5, 5.41) is 4.71. The average Bonchev–Trinajstić information content (AvgIpc) is 2.80. The molecule has 0 aliphatic heterocycles. The fourth-order valence-electron chi connectivity index (χ4n) is 1.66. The summed E-state index contributed by atoms with van der Waals surface area (Å²) >= 11 is 1.47. The summed E-state index contributed by atoms with van der Waals surface area (Å²) in [6.45, 7) is 5.38. The van der Waals surface area contributed by atoms with Gasteiger partial charge in [-0.1, -0.05) is 26.7 Å². The topological polar surface area (TPSA) is 58.2 Å². The van der Waals surface area contributed by atoms with Crippen molar-refractivity contribution >= 4 is 21.4 Å². The summed E-state index contributed by atoms with van der Waals surface area (Å²) in [6.07, 6.45) is 1.99. The monoisotopic (exact) mass is 290 g/mol. The summed E-state index contributed by atoms with van der Waals surface area (Å²) in [5.41, 5.74) is 0. The van der Waals surface area contributed by atoms with E-state index in [0.29, 0.717) is 23.9 Å². The highest BCUT2D eigenvalue weighted by Gasteiger charge is 2.17. The van der Waals surface area contributed by atoms with E-state index in [-0.39, 0.29) is 0 Å². The molecule has 0 saturated carbocycles. The van der Waals surface area contributed by atoms with E-state index in [4.69, 9.17) is 0 Å². The Morgan fingerprint density at radius 3 is 2.56 bits per heavy atom. The zero-order chi connectivity index (χ0) is 13.6. The molecule has 0 radical (unpaired) electrons. The molecule has 0 unspecified atom stereocenters. The molecule has 0 aromatic carbocycles. The number of hydrogen-bond acceptors (Lipinski definition) is 4. The molecule has 0 bridgehead atoms. The van der Waals surface area contributed by atoms with Crippen LogP contribution in [-0.4, -0.2) is 22.0 Å². The SMILES string of the molecule is CCC(CC)CNS(=O)(=O)c1csc(CNC)c1. The van der Waals surface area contributed by atoms with Crippen LogP contribution in [0.1, 0.15) is 31.6 Å². The van der Waals surface area contributed by atoms with Crippen LogP contribution in [0.5, 0.6) is 0 Å². The van der Waals surface area contributed by atoms with Gasteiger partial charge in [0.2, 0.25) is 10.0 Å². The lowest BCUT2D eigenvalue weighted by Crippen LogP contribution is -2.28. The Morgan fingerprint density at radius 1 is 1.33 bits per heavy atom. The van der Waals surface area contributed by atoms with Crippen LogP contribution in [0.15, 0.2) is 16.3 Å². The smallest absolute Gasteiger partial charge is 0.241 e. The second-order valence-corrected chi connectivity index (χ2v) is 7.08. The first-order chi connectivity index (χ1) is 8.53. The third-order valence-corrected chi connectivity index (χ3v) is 5.50. The summed E-state index contributed by atoms with van der Waals surface area (Å²) in [5.74, 6) is 0.412. The van der Waals surface area contributed by atoms with E-state index in [1.165, 1.54) is 11.3 Å². The molecule has 1 heterocycles. The Labute approximate surface area is 114 Å². The van der Waals surface area contributed by atoms with Crippen LogP contribution in [0.25, 0.3) is 0 Å². The Hall–Kier alpha value is -0.430. The molecule has 0 atom stereocenters. The minimum absolute atomic E-state index is 0.378. The standard InChI is InChI=1S/C12H22N2O2S2/c1-4-10(5-2)7-14-18(15,16)12-6-11(8-13-3)17-9-12/h6,9-10,13-14H,4-5,7-8H2,1-3H3. The molecule has 1 aromatic rings. The van der Waals surface area contributed by atoms with Crippen molar-refractivity contribution in [3.8, 4) is 0 Å². The van der Waals surface area contributed by atoms with Crippen molar-refractivity contribution in [1.29, 1.82) is 0 Å². The van der Waals surface area contributed by atoms with E-state index in [2.05, 4.69) is 23.9 Å². The molecule has 1 aromatic heterocycles. The third kappa shape index (κ3) is 4.35. The van der Waals surface area contributed by atoms with Crippen molar-refractivity contribution in [3.63, 3.8) is 0 Å². The normalized spacial score (nSPS) is 12.2. The first-order valence-corrected chi connectivity index (χ1v) is 8.61. The van der Waals surface area contributed by atoms with Crippen LogP contribution in [0.2, 0.25) is 0 Å². The van der Waals surface area contributed by atoms with Gasteiger partial charge in [-0.2, -0.15) is 0 Å². The van der Waals surface area contributed by atoms with E-state index in [0.717, 1.165) is 17.7 Å². The fraction of sp³-hybridized carbons (Fsp3) is 0.667. The molecule has 104 valence electrons. The third-order valence-electron chi connectivity index (χ3n) is 3.01. The van der Waals surface area contributed by atoms with Gasteiger partial charge >= 0.3 is 0 Å². The number of hydrogen-bond donors (Lipinski definition) is 2. The summed E-state index contributed by atoms with van der Waals surface area (Å²) in [4.78, 5) is 1.41. The minimum atomic E-state index is -3.34. The zero-order valence-electron chi connectivity index (χ0n) is 11.2. The van der Waals surface area contributed by atoms with E-state index >= 15 is 0 Å². The maximum atomic E-state index is 12.1. The van der Waals surface area contributed by atoms with Crippen molar-refractivity contribution in [3.05, 3.63) is 16.3 Å². The zero-order valence-corrected chi connectivity index (χ0v) is 12.8. The van der Waals surface area contributed by atoms with Gasteiger partial charge in [0.25, 0.3) is 0 Å². The van der Waals surface area contributed by atoms with E-state index in [1.807, 2.05) is 7.05 Å². The van der Waals surface area contributed by atoms with Crippen molar-refractivity contribution < 1.29 is 8.42 Å². The predicted molar refractivity (Wildman–Crippen MR) is 76.3 cm³/mol. The lowest BCUT2D eigenvalue weighted by atomic mass is 10.0. The molecular formula is C12H22N2O2S2. The second-order valence-electron chi connectivity index (χ2n) is 4.31. The van der Waals surface area contributed by atoms with E-state index < -0.39 is 10.0 Å². The maximum absolute atomic E-state index is 12.1. The first-order valence-electron chi connectivity index (χ1n) is 6.25. The summed E-state index contributed by atoms with van der Waals surface area (Å²) < 4.78 is 26.8. The molecule has 2 N–H and O–H groups in total. The van der Waals surface area contributed by atoms with Crippen molar-refractivity contribution in [1.82, 2.24) is 10.0 Å². The highest BCUT2D eigenvalue weighted by Crippen LogP contribution is 2.19. The van der Waals surface area contributed by atoms with Crippen LogP contribution in [0.3, 0.4) is 0 Å². The van der Waals surface area contributed by atoms with Gasteiger partial charge in [0.05, 0.1) is 4.90 Å². The van der Waals surface area contributed by atoms with Crippen molar-refractivity contribution in [2.75, 3.05) is 13.6 Å². The molecule has 1 rings (SSSR count). The van der Waals surface area contributed by atoms with Gasteiger partial charge < -0.3 is 5.32 Å². The lowest BCUT2D eigenvalue weighted by Gasteiger charge is -2.12. The predicted octanol–water partition coefficient (Wildman–Crippen LogP) is 2.18. The largest absolute Gasteiger partial charge is 0.315 e. The van der Waals surface area contributed by atoms with Gasteiger partial charge in [-0.3, -0.25) is 0 Å². The first kappa shape index (κ1) is 15.6.